The number of carbonyl (C=O) groups excluding carboxylic acids is 2. The van der Waals surface area contributed by atoms with Gasteiger partial charge < -0.3 is 20.0 Å². The second-order valence-electron chi connectivity index (χ2n) is 7.68. The Morgan fingerprint density at radius 2 is 1.67 bits per heavy atom. The highest BCUT2D eigenvalue weighted by molar-refractivity contribution is 5.84. The van der Waals surface area contributed by atoms with Crippen LogP contribution in [-0.2, 0) is 9.59 Å². The van der Waals surface area contributed by atoms with Crippen LogP contribution in [0.2, 0.25) is 0 Å². The van der Waals surface area contributed by atoms with Crippen molar-refractivity contribution in [2.75, 3.05) is 55.6 Å². The summed E-state index contributed by atoms with van der Waals surface area (Å²) in [6.07, 6.45) is 3.56. The highest BCUT2D eigenvalue weighted by atomic mass is 16.2. The van der Waals surface area contributed by atoms with Gasteiger partial charge in [0.2, 0.25) is 11.8 Å². The second kappa shape index (κ2) is 7.70. The first kappa shape index (κ1) is 18.0. The van der Waals surface area contributed by atoms with Crippen molar-refractivity contribution in [3.8, 4) is 0 Å². The molecule has 0 radical (unpaired) electrons. The highest BCUT2D eigenvalue weighted by Crippen LogP contribution is 2.24. The van der Waals surface area contributed by atoms with Crippen LogP contribution in [0.3, 0.4) is 0 Å². The third-order valence-corrected chi connectivity index (χ3v) is 5.77. The Hall–Kier alpha value is -2.38. The summed E-state index contributed by atoms with van der Waals surface area (Å²) in [5.74, 6) is 2.93. The van der Waals surface area contributed by atoms with E-state index in [0.29, 0.717) is 32.5 Å². The zero-order valence-electron chi connectivity index (χ0n) is 16.0. The maximum Gasteiger partial charge on any atom is 0.227 e. The molecule has 3 saturated heterocycles. The molecule has 3 aliphatic rings. The van der Waals surface area contributed by atoms with Crippen LogP contribution in [0.5, 0.6) is 0 Å². The Bertz CT molecular complexity index is 700. The van der Waals surface area contributed by atoms with Crippen molar-refractivity contribution in [1.82, 2.24) is 20.2 Å². The molecule has 3 fully saturated rings. The van der Waals surface area contributed by atoms with Crippen LogP contribution in [-0.4, -0.2) is 72.5 Å². The minimum absolute atomic E-state index is 0.0526. The maximum absolute atomic E-state index is 12.7. The zero-order chi connectivity index (χ0) is 18.8. The third kappa shape index (κ3) is 3.99. The fourth-order valence-electron chi connectivity index (χ4n) is 4.16. The molecule has 4 rings (SSSR count). The average molecular weight is 372 g/mol. The van der Waals surface area contributed by atoms with Crippen LogP contribution in [0.4, 0.5) is 11.6 Å². The lowest BCUT2D eigenvalue weighted by molar-refractivity contribution is -0.137. The number of carbonyl (C=O) groups is 2. The number of piperidine rings is 1. The molecule has 146 valence electrons. The lowest BCUT2D eigenvalue weighted by atomic mass is 9.97. The van der Waals surface area contributed by atoms with Gasteiger partial charge in [-0.25, -0.2) is 9.97 Å². The molecule has 1 aromatic rings. The molecule has 1 atom stereocenters. The SMILES string of the molecule is Cc1nc(N2CCCC2)cc(N2CCN(C(=O)C3CCC(=O)NC3)CC2)n1. The number of nitrogens with zero attached hydrogens (tertiary/aromatic N) is 5. The highest BCUT2D eigenvalue weighted by Gasteiger charge is 2.30. The molecule has 1 unspecified atom stereocenters. The van der Waals surface area contributed by atoms with Crippen molar-refractivity contribution in [1.29, 1.82) is 0 Å². The van der Waals surface area contributed by atoms with Crippen molar-refractivity contribution in [3.63, 3.8) is 0 Å². The number of aryl methyl sites for hydroxylation is 1. The van der Waals surface area contributed by atoms with E-state index >= 15 is 0 Å². The zero-order valence-corrected chi connectivity index (χ0v) is 16.0. The van der Waals surface area contributed by atoms with Gasteiger partial charge in [0, 0.05) is 58.3 Å². The summed E-state index contributed by atoms with van der Waals surface area (Å²) < 4.78 is 0. The molecule has 0 spiro atoms. The summed E-state index contributed by atoms with van der Waals surface area (Å²) in [5.41, 5.74) is 0. The Balaban J connectivity index is 1.37. The Kier molecular flexibility index (Phi) is 5.13. The minimum atomic E-state index is -0.0719. The second-order valence-corrected chi connectivity index (χ2v) is 7.68. The largest absolute Gasteiger partial charge is 0.356 e. The number of piperazine rings is 1. The molecule has 0 saturated carbocycles. The predicted octanol–water partition coefficient (Wildman–Crippen LogP) is 0.560. The molecule has 1 N–H and O–H groups in total. The van der Waals surface area contributed by atoms with Crippen molar-refractivity contribution in [3.05, 3.63) is 11.9 Å². The number of rotatable bonds is 3. The molecule has 0 bridgehead atoms. The molecule has 2 amide bonds. The van der Waals surface area contributed by atoms with Crippen molar-refractivity contribution < 1.29 is 9.59 Å². The summed E-state index contributed by atoms with van der Waals surface area (Å²) in [5, 5.41) is 2.81. The molecule has 8 heteroatoms. The van der Waals surface area contributed by atoms with Crippen LogP contribution in [0.1, 0.15) is 31.5 Å². The number of nitrogens with one attached hydrogen (secondary N) is 1. The number of anilines is 2. The van der Waals surface area contributed by atoms with E-state index in [1.165, 1.54) is 12.8 Å². The Morgan fingerprint density at radius 3 is 2.26 bits per heavy atom. The van der Waals surface area contributed by atoms with E-state index in [1.807, 2.05) is 11.8 Å². The molecule has 27 heavy (non-hydrogen) atoms. The summed E-state index contributed by atoms with van der Waals surface area (Å²) >= 11 is 0. The van der Waals surface area contributed by atoms with Crippen LogP contribution in [0, 0.1) is 12.8 Å². The third-order valence-electron chi connectivity index (χ3n) is 5.77. The Labute approximate surface area is 159 Å². The first-order chi connectivity index (χ1) is 13.1. The fourth-order valence-corrected chi connectivity index (χ4v) is 4.16. The molecule has 0 aliphatic carbocycles. The molecular formula is C19H28N6O2. The number of hydrogen-bond donors (Lipinski definition) is 1. The minimum Gasteiger partial charge on any atom is -0.356 e. The van der Waals surface area contributed by atoms with Crippen LogP contribution >= 0.6 is 0 Å². The van der Waals surface area contributed by atoms with Gasteiger partial charge in [-0.05, 0) is 26.2 Å². The van der Waals surface area contributed by atoms with E-state index in [0.717, 1.165) is 43.6 Å². The fraction of sp³-hybridized carbons (Fsp3) is 0.684. The normalized spacial score (nSPS) is 23.5. The lowest BCUT2D eigenvalue weighted by Crippen LogP contribution is -2.52. The standard InChI is InChI=1S/C19H28N6O2/c1-14-21-16(23-6-2-3-7-23)12-17(22-14)24-8-10-25(11-9-24)19(27)15-4-5-18(26)20-13-15/h12,15H,2-11,13H2,1H3,(H,20,26). The summed E-state index contributed by atoms with van der Waals surface area (Å²) in [6, 6.07) is 2.09. The molecule has 8 nitrogen and oxygen atoms in total. The smallest absolute Gasteiger partial charge is 0.227 e. The average Bonchev–Trinajstić information content (AvgIpc) is 3.23. The van der Waals surface area contributed by atoms with Gasteiger partial charge >= 0.3 is 0 Å². The van der Waals surface area contributed by atoms with Gasteiger partial charge in [0.15, 0.2) is 0 Å². The van der Waals surface area contributed by atoms with E-state index in [9.17, 15) is 9.59 Å². The van der Waals surface area contributed by atoms with Crippen LogP contribution in [0.15, 0.2) is 6.07 Å². The topological polar surface area (TPSA) is 81.7 Å². The predicted molar refractivity (Wildman–Crippen MR) is 103 cm³/mol. The maximum atomic E-state index is 12.7. The molecule has 1 aromatic heterocycles. The molecule has 0 aromatic carbocycles. The molecule has 3 aliphatic heterocycles. The van der Waals surface area contributed by atoms with Gasteiger partial charge in [0.05, 0.1) is 5.92 Å². The summed E-state index contributed by atoms with van der Waals surface area (Å²) in [7, 11) is 0. The number of hydrogen-bond acceptors (Lipinski definition) is 6. The van der Waals surface area contributed by atoms with E-state index in [-0.39, 0.29) is 17.7 Å². The number of amides is 2. The van der Waals surface area contributed by atoms with Gasteiger partial charge in [0.1, 0.15) is 17.5 Å². The van der Waals surface area contributed by atoms with Crippen LogP contribution in [0.25, 0.3) is 0 Å². The van der Waals surface area contributed by atoms with Crippen LogP contribution < -0.4 is 15.1 Å². The lowest BCUT2D eigenvalue weighted by Gasteiger charge is -2.37. The van der Waals surface area contributed by atoms with Crippen molar-refractivity contribution in [2.45, 2.75) is 32.6 Å². The van der Waals surface area contributed by atoms with Crippen molar-refractivity contribution in [2.24, 2.45) is 5.92 Å². The van der Waals surface area contributed by atoms with Gasteiger partial charge in [-0.15, -0.1) is 0 Å². The first-order valence-corrected chi connectivity index (χ1v) is 10.0. The summed E-state index contributed by atoms with van der Waals surface area (Å²) in [4.78, 5) is 39.8. The molecular weight excluding hydrogens is 344 g/mol. The van der Waals surface area contributed by atoms with Gasteiger partial charge in [0.25, 0.3) is 0 Å². The quantitative estimate of drug-likeness (QED) is 0.835. The van der Waals surface area contributed by atoms with E-state index < -0.39 is 0 Å². The van der Waals surface area contributed by atoms with Gasteiger partial charge in [-0.2, -0.15) is 0 Å². The van der Waals surface area contributed by atoms with E-state index in [4.69, 9.17) is 0 Å². The van der Waals surface area contributed by atoms with Crippen molar-refractivity contribution >= 4 is 23.5 Å². The number of aromatic nitrogens is 2. The van der Waals surface area contributed by atoms with E-state index in [2.05, 4.69) is 31.2 Å². The van der Waals surface area contributed by atoms with E-state index in [1.54, 1.807) is 0 Å². The monoisotopic (exact) mass is 372 g/mol. The van der Waals surface area contributed by atoms with Gasteiger partial charge in [-0.3, -0.25) is 9.59 Å². The first-order valence-electron chi connectivity index (χ1n) is 10.0. The van der Waals surface area contributed by atoms with Gasteiger partial charge in [-0.1, -0.05) is 0 Å². The Morgan fingerprint density at radius 1 is 1.04 bits per heavy atom. The molecule has 4 heterocycles. The summed E-state index contributed by atoms with van der Waals surface area (Å²) in [6.45, 7) is 7.51.